The normalized spacial score (nSPS) is 34.6. The molecule has 4 fully saturated rings. The average Bonchev–Trinajstić information content (AvgIpc) is 3.62. The number of amides is 2. The van der Waals surface area contributed by atoms with E-state index in [2.05, 4.69) is 46.0 Å². The fourth-order valence-corrected chi connectivity index (χ4v) is 11.2. The third kappa shape index (κ3) is 8.94. The van der Waals surface area contributed by atoms with Crippen molar-refractivity contribution < 1.29 is 28.9 Å². The Morgan fingerprint density at radius 1 is 0.980 bits per heavy atom. The van der Waals surface area contributed by atoms with E-state index in [0.717, 1.165) is 74.0 Å². The summed E-state index contributed by atoms with van der Waals surface area (Å²) in [6, 6.07) is 0. The highest BCUT2D eigenvalue weighted by Crippen LogP contribution is 2.67. The van der Waals surface area contributed by atoms with E-state index < -0.39 is 0 Å². The zero-order valence-corrected chi connectivity index (χ0v) is 31.7. The number of nitrogens with zero attached hydrogens (tertiary/aromatic N) is 1. The molecular weight excluding hydrogens is 616 g/mol. The van der Waals surface area contributed by atoms with Gasteiger partial charge in [0.1, 0.15) is 6.10 Å². The van der Waals surface area contributed by atoms with Gasteiger partial charge in [0.05, 0.1) is 25.7 Å². The number of hydrogen-bond acceptors (Lipinski definition) is 6. The number of ether oxygens (including phenoxy) is 1. The van der Waals surface area contributed by atoms with Gasteiger partial charge in [-0.05, 0) is 111 Å². The molecule has 49 heavy (non-hydrogen) atoms. The molecule has 1 saturated heterocycles. The van der Waals surface area contributed by atoms with Crippen molar-refractivity contribution in [3.63, 3.8) is 0 Å². The second-order valence-electron chi connectivity index (χ2n) is 17.4. The molecule has 1 heterocycles. The van der Waals surface area contributed by atoms with Crippen LogP contribution in [0, 0.1) is 52.3 Å². The molecule has 2 amide bonds. The minimum Gasteiger partial charge on any atom is -0.446 e. The number of ketones is 1. The van der Waals surface area contributed by atoms with E-state index in [9.17, 15) is 14.4 Å². The molecular formula is C41H68N2O6. The Balaban J connectivity index is 1.01. The lowest BCUT2D eigenvalue weighted by molar-refractivity contribution is -0.295. The van der Waals surface area contributed by atoms with Crippen molar-refractivity contribution in [3.8, 4) is 0 Å². The van der Waals surface area contributed by atoms with E-state index in [0.29, 0.717) is 31.5 Å². The first-order valence-corrected chi connectivity index (χ1v) is 20.1. The van der Waals surface area contributed by atoms with Crippen molar-refractivity contribution in [2.24, 2.45) is 52.3 Å². The molecule has 0 radical (unpaired) electrons. The molecule has 4 aliphatic carbocycles. The van der Waals surface area contributed by atoms with E-state index in [-0.39, 0.29) is 48.4 Å². The molecule has 9 atom stereocenters. The lowest BCUT2D eigenvalue weighted by Crippen LogP contribution is -2.51. The van der Waals surface area contributed by atoms with Crippen LogP contribution in [0.2, 0.25) is 0 Å². The summed E-state index contributed by atoms with van der Waals surface area (Å²) in [5, 5.41) is 2.95. The fraction of sp³-hybridized carbons (Fsp3) is 0.878. The molecule has 0 aromatic rings. The zero-order valence-electron chi connectivity index (χ0n) is 31.7. The van der Waals surface area contributed by atoms with Gasteiger partial charge in [-0.3, -0.25) is 9.59 Å². The Bertz CT molecular complexity index is 1170. The zero-order chi connectivity index (χ0) is 35.2. The van der Waals surface area contributed by atoms with Crippen molar-refractivity contribution in [3.05, 3.63) is 11.6 Å². The first kappa shape index (κ1) is 38.3. The maximum Gasteiger partial charge on any atom is 0.407 e. The molecule has 0 spiro atoms. The number of carbonyl (C=O) groups is 3. The van der Waals surface area contributed by atoms with Crippen molar-refractivity contribution >= 4 is 17.8 Å². The minimum atomic E-state index is -0.317. The third-order valence-corrected chi connectivity index (χ3v) is 13.9. The van der Waals surface area contributed by atoms with E-state index >= 15 is 0 Å². The smallest absolute Gasteiger partial charge is 0.407 e. The predicted molar refractivity (Wildman–Crippen MR) is 192 cm³/mol. The minimum absolute atomic E-state index is 0.00376. The van der Waals surface area contributed by atoms with Crippen LogP contribution in [0.5, 0.6) is 0 Å². The molecule has 0 bridgehead atoms. The number of carbonyl (C=O) groups excluding carboxylic acids is 3. The Hall–Kier alpha value is -1.93. The van der Waals surface area contributed by atoms with Crippen LogP contribution in [0.25, 0.3) is 0 Å². The van der Waals surface area contributed by atoms with Crippen molar-refractivity contribution in [1.29, 1.82) is 0 Å². The van der Waals surface area contributed by atoms with Crippen LogP contribution in [0.3, 0.4) is 0 Å². The number of hydrogen-bond donors (Lipinski definition) is 1. The molecule has 3 saturated carbocycles. The van der Waals surface area contributed by atoms with Crippen molar-refractivity contribution in [1.82, 2.24) is 10.2 Å². The van der Waals surface area contributed by atoms with E-state index in [1.165, 1.54) is 51.4 Å². The third-order valence-electron chi connectivity index (χ3n) is 13.9. The first-order valence-electron chi connectivity index (χ1n) is 20.1. The molecule has 0 aromatic heterocycles. The molecule has 5 unspecified atom stereocenters. The van der Waals surface area contributed by atoms with Gasteiger partial charge in [0, 0.05) is 25.9 Å². The van der Waals surface area contributed by atoms with Crippen LogP contribution in [-0.4, -0.2) is 61.6 Å². The number of rotatable bonds is 16. The molecule has 1 aliphatic heterocycles. The van der Waals surface area contributed by atoms with Gasteiger partial charge in [-0.25, -0.2) is 14.6 Å². The molecule has 5 rings (SSSR count). The van der Waals surface area contributed by atoms with Gasteiger partial charge in [-0.2, -0.15) is 0 Å². The molecule has 0 aromatic carbocycles. The summed E-state index contributed by atoms with van der Waals surface area (Å²) in [4.78, 5) is 49.0. The highest BCUT2D eigenvalue weighted by atomic mass is 17.2. The van der Waals surface area contributed by atoms with Gasteiger partial charge in [-0.1, -0.05) is 72.0 Å². The highest BCUT2D eigenvalue weighted by Gasteiger charge is 2.59. The van der Waals surface area contributed by atoms with Crippen LogP contribution in [0.1, 0.15) is 138 Å². The molecule has 278 valence electrons. The Morgan fingerprint density at radius 2 is 1.80 bits per heavy atom. The number of alkyl carbamates (subject to hydrolysis) is 1. The molecule has 8 heteroatoms. The maximum absolute atomic E-state index is 12.7. The predicted octanol–water partition coefficient (Wildman–Crippen LogP) is 8.68. The Kier molecular flexibility index (Phi) is 13.3. The number of likely N-dealkylation sites (tertiary alicyclic amines) is 1. The first-order chi connectivity index (χ1) is 23.5. The SMILES string of the molecule is CCOOCC1CN(C(=O)CCCCCNC(=O)O[C@H]2CC[C@@]3(C)C(=CCC4C3CC[C@@]3(C)C4CC[C@@H]3C(C)CCCC(C)C)C2)CC1=O. The van der Waals surface area contributed by atoms with Crippen LogP contribution < -0.4 is 5.32 Å². The summed E-state index contributed by atoms with van der Waals surface area (Å²) in [7, 11) is 0. The Morgan fingerprint density at radius 3 is 2.57 bits per heavy atom. The van der Waals surface area contributed by atoms with E-state index in [1.54, 1.807) is 10.5 Å². The number of fused-ring (bicyclic) bond motifs is 5. The van der Waals surface area contributed by atoms with Gasteiger partial charge >= 0.3 is 6.09 Å². The summed E-state index contributed by atoms with van der Waals surface area (Å²) in [5.74, 6) is 4.70. The van der Waals surface area contributed by atoms with Gasteiger partial charge < -0.3 is 15.0 Å². The van der Waals surface area contributed by atoms with Gasteiger partial charge in [0.25, 0.3) is 0 Å². The number of unbranched alkanes of at least 4 members (excludes halogenated alkanes) is 2. The quantitative estimate of drug-likeness (QED) is 0.0757. The topological polar surface area (TPSA) is 94.2 Å². The standard InChI is InChI=1S/C41H68N2O6/c1-7-47-48-27-30-25-43(26-37(30)44)38(45)14-9-8-10-23-42-39(46)49-32-19-21-40(5)31(24-32)15-16-33-35-18-17-34(29(4)13-11-12-28(2)3)41(35,6)22-20-36(33)40/h15,28-30,32-36H,7-14,16-27H2,1-6H3,(H,42,46)/t29?,30?,32-,33?,34+,35?,36?,40-,41+/m0/s1. The van der Waals surface area contributed by atoms with E-state index in [4.69, 9.17) is 14.5 Å². The van der Waals surface area contributed by atoms with Crippen molar-refractivity contribution in [2.45, 2.75) is 144 Å². The second kappa shape index (κ2) is 17.1. The van der Waals surface area contributed by atoms with Crippen LogP contribution in [-0.2, 0) is 24.1 Å². The lowest BCUT2D eigenvalue weighted by Gasteiger charge is -2.58. The highest BCUT2D eigenvalue weighted by molar-refractivity contribution is 5.91. The second-order valence-corrected chi connectivity index (χ2v) is 17.4. The van der Waals surface area contributed by atoms with Crippen LogP contribution in [0.15, 0.2) is 11.6 Å². The summed E-state index contributed by atoms with van der Waals surface area (Å²) in [5.41, 5.74) is 2.31. The number of Topliss-reactive ketones (excluding diaryl/α,β-unsaturated/α-hetero) is 1. The van der Waals surface area contributed by atoms with E-state index in [1.807, 2.05) is 6.92 Å². The van der Waals surface area contributed by atoms with Crippen molar-refractivity contribution in [2.75, 3.05) is 32.8 Å². The summed E-state index contributed by atoms with van der Waals surface area (Å²) < 4.78 is 5.96. The van der Waals surface area contributed by atoms with Crippen LogP contribution in [0.4, 0.5) is 4.79 Å². The fourth-order valence-electron chi connectivity index (χ4n) is 11.2. The van der Waals surface area contributed by atoms with Gasteiger partial charge in [-0.15, -0.1) is 0 Å². The Labute approximate surface area is 297 Å². The number of allylic oxidation sites excluding steroid dienone is 1. The van der Waals surface area contributed by atoms with Gasteiger partial charge in [0.15, 0.2) is 5.78 Å². The van der Waals surface area contributed by atoms with Crippen LogP contribution >= 0.6 is 0 Å². The summed E-state index contributed by atoms with van der Waals surface area (Å²) in [6.07, 6.45) is 18.9. The molecule has 5 aliphatic rings. The lowest BCUT2D eigenvalue weighted by atomic mass is 9.47. The maximum atomic E-state index is 12.7. The summed E-state index contributed by atoms with van der Waals surface area (Å²) >= 11 is 0. The summed E-state index contributed by atoms with van der Waals surface area (Å²) in [6.45, 7) is 16.0. The molecule has 8 nitrogen and oxygen atoms in total. The number of nitrogens with one attached hydrogen (secondary N) is 1. The van der Waals surface area contributed by atoms with Gasteiger partial charge in [0.2, 0.25) is 5.91 Å². The largest absolute Gasteiger partial charge is 0.446 e. The monoisotopic (exact) mass is 685 g/mol. The molecule has 1 N–H and O–H groups in total. The average molecular weight is 685 g/mol.